The minimum Gasteiger partial charge on any atom is -0.481 e. The fourth-order valence-corrected chi connectivity index (χ4v) is 5.16. The monoisotopic (exact) mass is 476 g/mol. The summed E-state index contributed by atoms with van der Waals surface area (Å²) in [6.45, 7) is 0.862. The van der Waals surface area contributed by atoms with Crippen LogP contribution in [0.15, 0.2) is 71.6 Å². The SMILES string of the molecule is N=C(N)c1cccc(CC(NSc2cccc3ccccc23)C(=O)N2CCC(C(=O)O)CC2)c1. The Morgan fingerprint density at radius 2 is 1.79 bits per heavy atom. The molecule has 1 aliphatic rings. The summed E-state index contributed by atoms with van der Waals surface area (Å²) in [5.41, 5.74) is 7.17. The molecule has 5 N–H and O–H groups in total. The smallest absolute Gasteiger partial charge is 0.306 e. The summed E-state index contributed by atoms with van der Waals surface area (Å²) in [7, 11) is 0. The molecule has 1 aliphatic heterocycles. The van der Waals surface area contributed by atoms with Crippen LogP contribution in [0.2, 0.25) is 0 Å². The van der Waals surface area contributed by atoms with Crippen molar-refractivity contribution in [2.45, 2.75) is 30.2 Å². The van der Waals surface area contributed by atoms with Gasteiger partial charge in [-0.2, -0.15) is 0 Å². The molecule has 1 saturated heterocycles. The number of carbonyl (C=O) groups excluding carboxylic acids is 1. The first-order valence-electron chi connectivity index (χ1n) is 11.3. The first-order valence-corrected chi connectivity index (χ1v) is 12.1. The van der Waals surface area contributed by atoms with Crippen molar-refractivity contribution >= 4 is 40.4 Å². The summed E-state index contributed by atoms with van der Waals surface area (Å²) >= 11 is 1.43. The maximum atomic E-state index is 13.5. The van der Waals surface area contributed by atoms with Crippen LogP contribution < -0.4 is 10.5 Å². The Kier molecular flexibility index (Phi) is 7.49. The second-order valence-corrected chi connectivity index (χ2v) is 9.39. The second kappa shape index (κ2) is 10.7. The molecule has 1 fully saturated rings. The third kappa shape index (κ3) is 5.58. The number of hydrogen-bond donors (Lipinski definition) is 4. The summed E-state index contributed by atoms with van der Waals surface area (Å²) < 4.78 is 3.38. The Morgan fingerprint density at radius 3 is 2.53 bits per heavy atom. The van der Waals surface area contributed by atoms with E-state index in [1.807, 2.05) is 42.5 Å². The number of carbonyl (C=O) groups is 2. The Labute approximate surface area is 203 Å². The van der Waals surface area contributed by atoms with Gasteiger partial charge in [0.1, 0.15) is 11.9 Å². The van der Waals surface area contributed by atoms with Crippen molar-refractivity contribution < 1.29 is 14.7 Å². The Hall–Kier alpha value is -3.36. The van der Waals surface area contributed by atoms with Gasteiger partial charge in [-0.25, -0.2) is 4.72 Å². The third-order valence-corrected chi connectivity index (χ3v) is 7.17. The summed E-state index contributed by atoms with van der Waals surface area (Å²) in [4.78, 5) is 27.6. The van der Waals surface area contributed by atoms with Gasteiger partial charge in [-0.3, -0.25) is 15.0 Å². The van der Waals surface area contributed by atoms with Gasteiger partial charge >= 0.3 is 5.97 Å². The van der Waals surface area contributed by atoms with Gasteiger partial charge in [0.15, 0.2) is 0 Å². The Balaban J connectivity index is 1.54. The normalized spacial score (nSPS) is 15.2. The van der Waals surface area contributed by atoms with Crippen molar-refractivity contribution in [3.8, 4) is 0 Å². The van der Waals surface area contributed by atoms with Crippen molar-refractivity contribution in [1.29, 1.82) is 5.41 Å². The fourth-order valence-electron chi connectivity index (χ4n) is 4.27. The number of amides is 1. The van der Waals surface area contributed by atoms with E-state index in [1.165, 1.54) is 11.9 Å². The van der Waals surface area contributed by atoms with Crippen LogP contribution in [-0.2, 0) is 16.0 Å². The van der Waals surface area contributed by atoms with Crippen LogP contribution in [0.4, 0.5) is 0 Å². The number of aliphatic carboxylic acids is 1. The predicted molar refractivity (Wildman–Crippen MR) is 135 cm³/mol. The highest BCUT2D eigenvalue weighted by Gasteiger charge is 2.31. The molecule has 7 nitrogen and oxygen atoms in total. The van der Waals surface area contributed by atoms with Gasteiger partial charge in [-0.05, 0) is 59.7 Å². The Morgan fingerprint density at radius 1 is 1.09 bits per heavy atom. The largest absolute Gasteiger partial charge is 0.481 e. The zero-order valence-corrected chi connectivity index (χ0v) is 19.6. The average Bonchev–Trinajstić information content (AvgIpc) is 2.86. The van der Waals surface area contributed by atoms with Crippen LogP contribution in [-0.4, -0.2) is 46.8 Å². The van der Waals surface area contributed by atoms with Gasteiger partial charge in [-0.15, -0.1) is 0 Å². The van der Waals surface area contributed by atoms with Gasteiger partial charge in [-0.1, -0.05) is 54.6 Å². The molecule has 0 radical (unpaired) electrons. The number of rotatable bonds is 8. The second-order valence-electron chi connectivity index (χ2n) is 8.51. The first-order chi connectivity index (χ1) is 16.4. The molecule has 0 bridgehead atoms. The quantitative estimate of drug-likeness (QED) is 0.224. The van der Waals surface area contributed by atoms with Crippen LogP contribution >= 0.6 is 11.9 Å². The van der Waals surface area contributed by atoms with Gasteiger partial charge < -0.3 is 15.7 Å². The van der Waals surface area contributed by atoms with Gasteiger partial charge in [0.25, 0.3) is 0 Å². The molecule has 0 saturated carbocycles. The number of amidine groups is 1. The van der Waals surface area contributed by atoms with Crippen LogP contribution in [0, 0.1) is 11.3 Å². The number of nitrogen functional groups attached to an aromatic ring is 1. The molecule has 1 amide bonds. The van der Waals surface area contributed by atoms with Crippen LogP contribution in [0.3, 0.4) is 0 Å². The number of likely N-dealkylation sites (tertiary alicyclic amines) is 1. The lowest BCUT2D eigenvalue weighted by Gasteiger charge is -2.33. The fraction of sp³-hybridized carbons (Fsp3) is 0.269. The van der Waals surface area contributed by atoms with E-state index in [0.717, 1.165) is 21.2 Å². The van der Waals surface area contributed by atoms with E-state index in [1.54, 1.807) is 11.0 Å². The lowest BCUT2D eigenvalue weighted by atomic mass is 9.96. The summed E-state index contributed by atoms with van der Waals surface area (Å²) in [5, 5.41) is 19.2. The highest BCUT2D eigenvalue weighted by atomic mass is 32.2. The lowest BCUT2D eigenvalue weighted by Crippen LogP contribution is -2.49. The van der Waals surface area contributed by atoms with E-state index >= 15 is 0 Å². The number of nitrogens with one attached hydrogen (secondary N) is 2. The van der Waals surface area contributed by atoms with Gasteiger partial charge in [0, 0.05) is 23.5 Å². The highest BCUT2D eigenvalue weighted by molar-refractivity contribution is 7.97. The molecule has 0 aromatic heterocycles. The molecular weight excluding hydrogens is 448 g/mol. The summed E-state index contributed by atoms with van der Waals surface area (Å²) in [6, 6.07) is 21.0. The molecule has 0 aliphatic carbocycles. The number of nitrogens with zero attached hydrogens (tertiary/aromatic N) is 1. The molecule has 0 spiro atoms. The summed E-state index contributed by atoms with van der Waals surface area (Å²) in [5.74, 6) is -1.26. The van der Waals surface area contributed by atoms with E-state index in [-0.39, 0.29) is 11.7 Å². The van der Waals surface area contributed by atoms with Crippen LogP contribution in [0.1, 0.15) is 24.0 Å². The topological polar surface area (TPSA) is 120 Å². The number of piperidine rings is 1. The number of nitrogens with two attached hydrogens (primary N) is 1. The summed E-state index contributed by atoms with van der Waals surface area (Å²) in [6.07, 6.45) is 1.35. The molecule has 1 atom stereocenters. The first kappa shape index (κ1) is 23.8. The number of carboxylic acids is 1. The van der Waals surface area contributed by atoms with Gasteiger partial charge in [0.2, 0.25) is 5.91 Å². The average molecular weight is 477 g/mol. The molecule has 4 rings (SSSR count). The minimum atomic E-state index is -0.797. The van der Waals surface area contributed by atoms with E-state index in [9.17, 15) is 14.7 Å². The predicted octanol–water partition coefficient (Wildman–Crippen LogP) is 3.66. The van der Waals surface area contributed by atoms with Crippen LogP contribution in [0.5, 0.6) is 0 Å². The molecule has 3 aromatic rings. The molecule has 1 unspecified atom stereocenters. The number of carboxylic acid groups (broad SMARTS) is 1. The lowest BCUT2D eigenvalue weighted by molar-refractivity contribution is -0.146. The molecule has 3 aromatic carbocycles. The maximum Gasteiger partial charge on any atom is 0.306 e. The molecule has 176 valence electrons. The number of fused-ring (bicyclic) bond motifs is 1. The standard InChI is InChI=1S/C26H28N4O3S/c27-24(28)20-8-3-5-17(15-20)16-22(25(31)30-13-11-19(12-14-30)26(32)33)29-34-23-10-4-7-18-6-1-2-9-21(18)23/h1-10,15,19,22,29H,11-14,16H2,(H3,27,28)(H,32,33). The van der Waals surface area contributed by atoms with E-state index in [4.69, 9.17) is 11.1 Å². The number of benzene rings is 3. The van der Waals surface area contributed by atoms with Gasteiger partial charge in [0.05, 0.1) is 5.92 Å². The number of hydrogen-bond acceptors (Lipinski definition) is 5. The van der Waals surface area contributed by atoms with Crippen molar-refractivity contribution in [3.05, 3.63) is 77.9 Å². The molecule has 8 heteroatoms. The maximum absolute atomic E-state index is 13.5. The van der Waals surface area contributed by atoms with E-state index in [2.05, 4.69) is 22.9 Å². The Bertz CT molecular complexity index is 1200. The molecule has 1 heterocycles. The van der Waals surface area contributed by atoms with Crippen molar-refractivity contribution in [2.24, 2.45) is 11.7 Å². The van der Waals surface area contributed by atoms with Crippen molar-refractivity contribution in [3.63, 3.8) is 0 Å². The van der Waals surface area contributed by atoms with E-state index < -0.39 is 17.9 Å². The minimum absolute atomic E-state index is 0.0152. The van der Waals surface area contributed by atoms with Crippen molar-refractivity contribution in [1.82, 2.24) is 9.62 Å². The molecular formula is C26H28N4O3S. The highest BCUT2D eigenvalue weighted by Crippen LogP contribution is 2.27. The molecule has 34 heavy (non-hydrogen) atoms. The zero-order chi connectivity index (χ0) is 24.1. The zero-order valence-electron chi connectivity index (χ0n) is 18.7. The third-order valence-electron chi connectivity index (χ3n) is 6.19. The van der Waals surface area contributed by atoms with Crippen LogP contribution in [0.25, 0.3) is 10.8 Å². The van der Waals surface area contributed by atoms with E-state index in [0.29, 0.717) is 37.9 Å². The van der Waals surface area contributed by atoms with Crippen molar-refractivity contribution in [2.75, 3.05) is 13.1 Å².